The van der Waals surface area contributed by atoms with Crippen LogP contribution in [0.15, 0.2) is 18.2 Å². The van der Waals surface area contributed by atoms with E-state index in [1.807, 2.05) is 25.1 Å². The first-order valence-electron chi connectivity index (χ1n) is 10.4. The third-order valence-corrected chi connectivity index (χ3v) is 6.18. The van der Waals surface area contributed by atoms with Gasteiger partial charge in [-0.2, -0.15) is 0 Å². The van der Waals surface area contributed by atoms with Crippen LogP contribution >= 0.6 is 11.6 Å². The maximum atomic E-state index is 12.3. The van der Waals surface area contributed by atoms with Gasteiger partial charge in [0.25, 0.3) is 0 Å². The number of carbonyl (C=O) groups is 2. The number of nitrogens with one attached hydrogen (secondary N) is 3. The van der Waals surface area contributed by atoms with Crippen molar-refractivity contribution < 1.29 is 9.59 Å². The second kappa shape index (κ2) is 10.1. The molecule has 28 heavy (non-hydrogen) atoms. The minimum Gasteiger partial charge on any atom is -0.335 e. The normalized spacial score (nSPS) is 19.2. The lowest BCUT2D eigenvalue weighted by atomic mass is 9.96. The van der Waals surface area contributed by atoms with Crippen molar-refractivity contribution in [3.8, 4) is 0 Å². The van der Waals surface area contributed by atoms with E-state index in [1.54, 1.807) is 0 Å². The Morgan fingerprint density at radius 1 is 1.04 bits per heavy atom. The molecule has 0 radical (unpaired) electrons. The second-order valence-corrected chi connectivity index (χ2v) is 8.37. The van der Waals surface area contributed by atoms with Crippen molar-refractivity contribution >= 4 is 29.2 Å². The van der Waals surface area contributed by atoms with Crippen molar-refractivity contribution in [2.75, 3.05) is 25.0 Å². The summed E-state index contributed by atoms with van der Waals surface area (Å²) in [5, 5.41) is 9.80. The molecule has 1 aromatic rings. The van der Waals surface area contributed by atoms with E-state index in [4.69, 9.17) is 11.6 Å². The average molecular weight is 407 g/mol. The van der Waals surface area contributed by atoms with E-state index in [2.05, 4.69) is 20.9 Å². The molecule has 0 atom stereocenters. The molecule has 7 heteroatoms. The van der Waals surface area contributed by atoms with Crippen LogP contribution in [0.3, 0.4) is 0 Å². The number of halogens is 1. The Bertz CT molecular complexity index is 683. The quantitative estimate of drug-likeness (QED) is 0.698. The number of amides is 3. The van der Waals surface area contributed by atoms with Gasteiger partial charge in [0.2, 0.25) is 5.91 Å². The number of likely N-dealkylation sites (tertiary alicyclic amines) is 1. The summed E-state index contributed by atoms with van der Waals surface area (Å²) in [7, 11) is 0. The Labute approximate surface area is 172 Å². The largest absolute Gasteiger partial charge is 0.335 e. The molecule has 154 valence electrons. The summed E-state index contributed by atoms with van der Waals surface area (Å²) >= 11 is 6.11. The first kappa shape index (κ1) is 20.9. The van der Waals surface area contributed by atoms with Gasteiger partial charge in [-0.3, -0.25) is 9.69 Å². The van der Waals surface area contributed by atoms with Crippen molar-refractivity contribution in [1.82, 2.24) is 15.5 Å². The number of piperidine rings is 1. The van der Waals surface area contributed by atoms with E-state index in [0.29, 0.717) is 17.6 Å². The maximum Gasteiger partial charge on any atom is 0.315 e. The van der Waals surface area contributed by atoms with Crippen LogP contribution in [-0.2, 0) is 4.79 Å². The van der Waals surface area contributed by atoms with Crippen molar-refractivity contribution in [2.45, 2.75) is 64.0 Å². The Morgan fingerprint density at radius 2 is 1.68 bits per heavy atom. The predicted octanol–water partition coefficient (Wildman–Crippen LogP) is 3.68. The second-order valence-electron chi connectivity index (χ2n) is 7.96. The Morgan fingerprint density at radius 3 is 2.36 bits per heavy atom. The summed E-state index contributed by atoms with van der Waals surface area (Å²) in [4.78, 5) is 26.7. The Balaban J connectivity index is 1.37. The van der Waals surface area contributed by atoms with Gasteiger partial charge in [0.15, 0.2) is 0 Å². The standard InChI is InChI=1S/C21H31ClN4O2/c1-15-18(22)8-5-9-19(15)25-20(27)14-26-12-10-17(11-13-26)24-21(28)23-16-6-3-2-4-7-16/h5,8-9,16-17H,2-4,6-7,10-14H2,1H3,(H,25,27)(H2,23,24,28). The van der Waals surface area contributed by atoms with Gasteiger partial charge < -0.3 is 16.0 Å². The number of benzene rings is 1. The van der Waals surface area contributed by atoms with Gasteiger partial charge >= 0.3 is 6.03 Å². The maximum absolute atomic E-state index is 12.3. The molecule has 1 aliphatic heterocycles. The molecule has 2 aliphatic rings. The van der Waals surface area contributed by atoms with Crippen molar-refractivity contribution in [2.24, 2.45) is 0 Å². The number of hydrogen-bond donors (Lipinski definition) is 3. The van der Waals surface area contributed by atoms with Crippen LogP contribution < -0.4 is 16.0 Å². The van der Waals surface area contributed by atoms with Crippen LogP contribution in [-0.4, -0.2) is 48.6 Å². The van der Waals surface area contributed by atoms with Crippen LogP contribution in [0.5, 0.6) is 0 Å². The molecule has 3 N–H and O–H groups in total. The van der Waals surface area contributed by atoms with Crippen molar-refractivity contribution in [3.05, 3.63) is 28.8 Å². The molecular weight excluding hydrogens is 376 g/mol. The van der Waals surface area contributed by atoms with E-state index in [-0.39, 0.29) is 18.0 Å². The molecule has 6 nitrogen and oxygen atoms in total. The van der Waals surface area contributed by atoms with Crippen LogP contribution in [0.2, 0.25) is 5.02 Å². The number of rotatable bonds is 5. The van der Waals surface area contributed by atoms with Gasteiger partial charge in [-0.1, -0.05) is 36.9 Å². The molecule has 3 amide bonds. The van der Waals surface area contributed by atoms with E-state index in [9.17, 15) is 9.59 Å². The van der Waals surface area contributed by atoms with E-state index in [1.165, 1.54) is 19.3 Å². The molecule has 0 unspecified atom stereocenters. The third-order valence-electron chi connectivity index (χ3n) is 5.77. The summed E-state index contributed by atoms with van der Waals surface area (Å²) in [6.45, 7) is 3.85. The summed E-state index contributed by atoms with van der Waals surface area (Å²) in [5.74, 6) is -0.0354. The molecule has 1 heterocycles. The molecule has 0 spiro atoms. The summed E-state index contributed by atoms with van der Waals surface area (Å²) in [5.41, 5.74) is 1.64. The minimum atomic E-state index is -0.0421. The average Bonchev–Trinajstić information content (AvgIpc) is 2.68. The highest BCUT2D eigenvalue weighted by Gasteiger charge is 2.23. The fourth-order valence-corrected chi connectivity index (χ4v) is 4.21. The lowest BCUT2D eigenvalue weighted by Gasteiger charge is -2.32. The fourth-order valence-electron chi connectivity index (χ4n) is 4.03. The number of anilines is 1. The summed E-state index contributed by atoms with van der Waals surface area (Å²) in [6, 6.07) is 5.97. The molecule has 3 rings (SSSR count). The summed E-state index contributed by atoms with van der Waals surface area (Å²) < 4.78 is 0. The number of urea groups is 1. The highest BCUT2D eigenvalue weighted by atomic mass is 35.5. The lowest BCUT2D eigenvalue weighted by Crippen LogP contribution is -2.51. The predicted molar refractivity (Wildman–Crippen MR) is 113 cm³/mol. The van der Waals surface area contributed by atoms with E-state index >= 15 is 0 Å². The Hall–Kier alpha value is -1.79. The number of nitrogens with zero attached hydrogens (tertiary/aromatic N) is 1. The number of hydrogen-bond acceptors (Lipinski definition) is 3. The topological polar surface area (TPSA) is 73.5 Å². The smallest absolute Gasteiger partial charge is 0.315 e. The molecular formula is C21H31ClN4O2. The molecule has 1 aliphatic carbocycles. The fraction of sp³-hybridized carbons (Fsp3) is 0.619. The van der Waals surface area contributed by atoms with E-state index < -0.39 is 0 Å². The monoisotopic (exact) mass is 406 g/mol. The van der Waals surface area contributed by atoms with Crippen LogP contribution in [0.25, 0.3) is 0 Å². The lowest BCUT2D eigenvalue weighted by molar-refractivity contribution is -0.117. The highest BCUT2D eigenvalue weighted by molar-refractivity contribution is 6.31. The van der Waals surface area contributed by atoms with Crippen molar-refractivity contribution in [3.63, 3.8) is 0 Å². The van der Waals surface area contributed by atoms with Gasteiger partial charge in [0.1, 0.15) is 0 Å². The molecule has 0 aromatic heterocycles. The zero-order valence-electron chi connectivity index (χ0n) is 16.6. The number of carbonyl (C=O) groups excluding carboxylic acids is 2. The molecule has 1 saturated carbocycles. The Kier molecular flexibility index (Phi) is 7.57. The van der Waals surface area contributed by atoms with Crippen LogP contribution in [0, 0.1) is 6.92 Å². The van der Waals surface area contributed by atoms with Crippen LogP contribution in [0.4, 0.5) is 10.5 Å². The molecule has 2 fully saturated rings. The van der Waals surface area contributed by atoms with Crippen molar-refractivity contribution in [1.29, 1.82) is 0 Å². The molecule has 1 saturated heterocycles. The van der Waals surface area contributed by atoms with Gasteiger partial charge in [-0.15, -0.1) is 0 Å². The van der Waals surface area contributed by atoms with Gasteiger partial charge in [-0.05, 0) is 50.3 Å². The SMILES string of the molecule is Cc1c(Cl)cccc1NC(=O)CN1CCC(NC(=O)NC2CCCCC2)CC1. The zero-order valence-corrected chi connectivity index (χ0v) is 17.4. The highest BCUT2D eigenvalue weighted by Crippen LogP contribution is 2.23. The van der Waals surface area contributed by atoms with Gasteiger partial charge in [0.05, 0.1) is 6.54 Å². The van der Waals surface area contributed by atoms with Gasteiger partial charge in [0, 0.05) is 35.9 Å². The zero-order chi connectivity index (χ0) is 19.9. The van der Waals surface area contributed by atoms with E-state index in [0.717, 1.165) is 50.0 Å². The van der Waals surface area contributed by atoms with Crippen LogP contribution in [0.1, 0.15) is 50.5 Å². The first-order valence-corrected chi connectivity index (χ1v) is 10.7. The molecule has 0 bridgehead atoms. The van der Waals surface area contributed by atoms with Gasteiger partial charge in [-0.25, -0.2) is 4.79 Å². The molecule has 1 aromatic carbocycles. The summed E-state index contributed by atoms with van der Waals surface area (Å²) in [6.07, 6.45) is 7.60. The third kappa shape index (κ3) is 6.11. The minimum absolute atomic E-state index is 0.0354. The first-order chi connectivity index (χ1) is 13.5.